The molecular formula is C17H13IN2O2S. The Hall–Kier alpha value is -1.67. The Morgan fingerprint density at radius 1 is 1.17 bits per heavy atom. The van der Waals surface area contributed by atoms with E-state index in [1.807, 2.05) is 36.4 Å². The number of fused-ring (bicyclic) bond motifs is 1. The number of carbonyl (C=O) groups excluding carboxylic acids is 1. The van der Waals surface area contributed by atoms with E-state index in [9.17, 15) is 4.79 Å². The van der Waals surface area contributed by atoms with Crippen molar-refractivity contribution >= 4 is 55.2 Å². The second-order valence-corrected chi connectivity index (χ2v) is 7.55. The number of anilines is 1. The highest BCUT2D eigenvalue weighted by atomic mass is 127. The van der Waals surface area contributed by atoms with Gasteiger partial charge in [0.2, 0.25) is 0 Å². The normalized spacial score (nSPS) is 14.7. The predicted octanol–water partition coefficient (Wildman–Crippen LogP) is 3.95. The van der Waals surface area contributed by atoms with Crippen LogP contribution in [0, 0.1) is 3.57 Å². The van der Waals surface area contributed by atoms with E-state index in [1.165, 1.54) is 4.70 Å². The summed E-state index contributed by atoms with van der Waals surface area (Å²) < 4.78 is 7.67. The van der Waals surface area contributed by atoms with Crippen LogP contribution in [-0.4, -0.2) is 30.1 Å². The fourth-order valence-corrected chi connectivity index (χ4v) is 4.10. The van der Waals surface area contributed by atoms with E-state index in [0.717, 1.165) is 14.2 Å². The molecule has 0 saturated carbocycles. The second kappa shape index (κ2) is 6.09. The van der Waals surface area contributed by atoms with E-state index in [0.29, 0.717) is 18.7 Å². The highest BCUT2D eigenvalue weighted by Crippen LogP contribution is 2.32. The number of hydrogen-bond acceptors (Lipinski definition) is 5. The average molecular weight is 436 g/mol. The molecule has 0 amide bonds. The molecule has 0 bridgehead atoms. The summed E-state index contributed by atoms with van der Waals surface area (Å²) in [6.07, 6.45) is -0.0643. The van der Waals surface area contributed by atoms with E-state index in [4.69, 9.17) is 4.74 Å². The minimum absolute atomic E-state index is 0.0643. The number of rotatable bonds is 3. The Kier molecular flexibility index (Phi) is 3.94. The van der Waals surface area contributed by atoms with Gasteiger partial charge >= 0.3 is 5.97 Å². The summed E-state index contributed by atoms with van der Waals surface area (Å²) in [4.78, 5) is 19.0. The molecule has 4 rings (SSSR count). The van der Waals surface area contributed by atoms with E-state index in [2.05, 4.69) is 38.5 Å². The van der Waals surface area contributed by atoms with E-state index in [-0.39, 0.29) is 12.1 Å². The van der Waals surface area contributed by atoms with Crippen LogP contribution in [-0.2, 0) is 4.74 Å². The zero-order chi connectivity index (χ0) is 15.8. The molecule has 0 radical (unpaired) electrons. The summed E-state index contributed by atoms with van der Waals surface area (Å²) in [6.45, 7) is 1.41. The number of para-hydroxylation sites is 1. The quantitative estimate of drug-likeness (QED) is 0.461. The van der Waals surface area contributed by atoms with Crippen molar-refractivity contribution in [3.05, 3.63) is 57.7 Å². The van der Waals surface area contributed by atoms with Gasteiger partial charge in [0.1, 0.15) is 6.10 Å². The lowest BCUT2D eigenvalue weighted by Gasteiger charge is -2.38. The van der Waals surface area contributed by atoms with Gasteiger partial charge in [-0.1, -0.05) is 35.6 Å². The number of carbonyl (C=O) groups is 1. The average Bonchev–Trinajstić information content (AvgIpc) is 2.94. The molecule has 1 fully saturated rings. The van der Waals surface area contributed by atoms with E-state index >= 15 is 0 Å². The third-order valence-electron chi connectivity index (χ3n) is 3.77. The molecule has 6 heteroatoms. The molecule has 0 N–H and O–H groups in total. The van der Waals surface area contributed by atoms with Crippen molar-refractivity contribution in [2.45, 2.75) is 6.10 Å². The summed E-state index contributed by atoms with van der Waals surface area (Å²) in [7, 11) is 0. The van der Waals surface area contributed by atoms with Crippen LogP contribution in [0.25, 0.3) is 10.2 Å². The van der Waals surface area contributed by atoms with Crippen LogP contribution in [0.2, 0.25) is 0 Å². The molecule has 2 heterocycles. The lowest BCUT2D eigenvalue weighted by atomic mass is 10.2. The zero-order valence-electron chi connectivity index (χ0n) is 12.1. The van der Waals surface area contributed by atoms with Gasteiger partial charge in [0.15, 0.2) is 5.13 Å². The van der Waals surface area contributed by atoms with Crippen LogP contribution in [0.3, 0.4) is 0 Å². The first-order valence-electron chi connectivity index (χ1n) is 7.27. The molecule has 4 nitrogen and oxygen atoms in total. The lowest BCUT2D eigenvalue weighted by molar-refractivity contribution is 0.0233. The van der Waals surface area contributed by atoms with Crippen LogP contribution in [0.1, 0.15) is 10.4 Å². The van der Waals surface area contributed by atoms with Gasteiger partial charge in [0.05, 0.1) is 28.9 Å². The molecule has 0 spiro atoms. The number of halogens is 1. The largest absolute Gasteiger partial charge is 0.455 e. The highest BCUT2D eigenvalue weighted by Gasteiger charge is 2.32. The van der Waals surface area contributed by atoms with Crippen LogP contribution in [0.15, 0.2) is 48.5 Å². The van der Waals surface area contributed by atoms with Crippen molar-refractivity contribution < 1.29 is 9.53 Å². The van der Waals surface area contributed by atoms with Gasteiger partial charge in [-0.2, -0.15) is 0 Å². The third kappa shape index (κ3) is 2.92. The first-order valence-corrected chi connectivity index (χ1v) is 9.16. The fourth-order valence-electron chi connectivity index (χ4n) is 2.51. The van der Waals surface area contributed by atoms with Crippen molar-refractivity contribution in [3.8, 4) is 0 Å². The highest BCUT2D eigenvalue weighted by molar-refractivity contribution is 14.1. The number of ether oxygens (including phenoxy) is 1. The van der Waals surface area contributed by atoms with Gasteiger partial charge < -0.3 is 9.64 Å². The minimum Gasteiger partial charge on any atom is -0.455 e. The molecule has 1 aliphatic rings. The number of esters is 1. The molecular weight excluding hydrogens is 423 g/mol. The number of aromatic nitrogens is 1. The molecule has 116 valence electrons. The standard InChI is InChI=1S/C17H13IN2O2S/c18-13-6-2-1-5-12(13)16(21)22-11-9-20(10-11)17-19-14-7-3-4-8-15(14)23-17/h1-8,11H,9-10H2. The van der Waals surface area contributed by atoms with Gasteiger partial charge in [-0.15, -0.1) is 0 Å². The maximum atomic E-state index is 12.2. The van der Waals surface area contributed by atoms with Gasteiger partial charge in [-0.25, -0.2) is 9.78 Å². The first kappa shape index (κ1) is 14.9. The maximum absolute atomic E-state index is 12.2. The van der Waals surface area contributed by atoms with Crippen LogP contribution >= 0.6 is 33.9 Å². The molecule has 2 aromatic carbocycles. The molecule has 1 saturated heterocycles. The monoisotopic (exact) mass is 436 g/mol. The first-order chi connectivity index (χ1) is 11.2. The molecule has 1 aromatic heterocycles. The minimum atomic E-state index is -0.246. The predicted molar refractivity (Wildman–Crippen MR) is 100 cm³/mol. The molecule has 3 aromatic rings. The van der Waals surface area contributed by atoms with Crippen molar-refractivity contribution in [2.75, 3.05) is 18.0 Å². The Morgan fingerprint density at radius 2 is 1.91 bits per heavy atom. The molecule has 0 unspecified atom stereocenters. The third-order valence-corrected chi connectivity index (χ3v) is 5.81. The zero-order valence-corrected chi connectivity index (χ0v) is 15.1. The molecule has 0 atom stereocenters. The SMILES string of the molecule is O=C(OC1CN(c2nc3ccccc3s2)C1)c1ccccc1I. The Morgan fingerprint density at radius 3 is 2.70 bits per heavy atom. The second-order valence-electron chi connectivity index (χ2n) is 5.38. The van der Waals surface area contributed by atoms with E-state index < -0.39 is 0 Å². The number of nitrogens with zero attached hydrogens (tertiary/aromatic N) is 2. The summed E-state index contributed by atoms with van der Waals surface area (Å²) in [5, 5.41) is 0.993. The van der Waals surface area contributed by atoms with Crippen LogP contribution in [0.4, 0.5) is 5.13 Å². The Labute approximate surface area is 151 Å². The van der Waals surface area contributed by atoms with Gasteiger partial charge in [0, 0.05) is 3.57 Å². The summed E-state index contributed by atoms with van der Waals surface area (Å²) >= 11 is 3.83. The lowest BCUT2D eigenvalue weighted by Crippen LogP contribution is -2.53. The summed E-state index contributed by atoms with van der Waals surface area (Å²) in [5.74, 6) is -0.246. The molecule has 1 aliphatic heterocycles. The number of benzene rings is 2. The van der Waals surface area contributed by atoms with Gasteiger partial charge in [-0.05, 0) is 46.9 Å². The van der Waals surface area contributed by atoms with Crippen molar-refractivity contribution in [3.63, 3.8) is 0 Å². The van der Waals surface area contributed by atoms with Crippen LogP contribution < -0.4 is 4.90 Å². The summed E-state index contributed by atoms with van der Waals surface area (Å²) in [6, 6.07) is 15.6. The van der Waals surface area contributed by atoms with Crippen LogP contribution in [0.5, 0.6) is 0 Å². The fraction of sp³-hybridized carbons (Fsp3) is 0.176. The maximum Gasteiger partial charge on any atom is 0.339 e. The van der Waals surface area contributed by atoms with Crippen molar-refractivity contribution in [1.29, 1.82) is 0 Å². The smallest absolute Gasteiger partial charge is 0.339 e. The number of hydrogen-bond donors (Lipinski definition) is 0. The Balaban J connectivity index is 1.40. The molecule has 0 aliphatic carbocycles. The van der Waals surface area contributed by atoms with Gasteiger partial charge in [0.25, 0.3) is 0 Å². The molecule has 23 heavy (non-hydrogen) atoms. The van der Waals surface area contributed by atoms with E-state index in [1.54, 1.807) is 17.4 Å². The van der Waals surface area contributed by atoms with Gasteiger partial charge in [-0.3, -0.25) is 0 Å². The number of thiazole rings is 1. The van der Waals surface area contributed by atoms with Crippen molar-refractivity contribution in [1.82, 2.24) is 4.98 Å². The van der Waals surface area contributed by atoms with Crippen molar-refractivity contribution in [2.24, 2.45) is 0 Å². The summed E-state index contributed by atoms with van der Waals surface area (Å²) in [5.41, 5.74) is 1.65. The topological polar surface area (TPSA) is 42.4 Å². The Bertz CT molecular complexity index is 841.